The summed E-state index contributed by atoms with van der Waals surface area (Å²) in [5.41, 5.74) is 0.157. The van der Waals surface area contributed by atoms with E-state index in [0.717, 1.165) is 18.4 Å². The van der Waals surface area contributed by atoms with Gasteiger partial charge in [-0.25, -0.2) is 8.42 Å². The zero-order valence-electron chi connectivity index (χ0n) is 14.0. The number of hydrogen-bond donors (Lipinski definition) is 1. The predicted octanol–water partition coefficient (Wildman–Crippen LogP) is 3.83. The molecule has 1 unspecified atom stereocenters. The van der Waals surface area contributed by atoms with Gasteiger partial charge in [-0.1, -0.05) is 23.7 Å². The molecule has 0 aliphatic carbocycles. The van der Waals surface area contributed by atoms with Gasteiger partial charge in [0, 0.05) is 17.3 Å². The lowest BCUT2D eigenvalue weighted by Gasteiger charge is -2.26. The summed E-state index contributed by atoms with van der Waals surface area (Å²) in [6.45, 7) is 0.193. The molecule has 1 atom stereocenters. The number of nitrogens with one attached hydrogen (secondary N) is 1. The third-order valence-electron chi connectivity index (χ3n) is 3.95. The molecule has 1 aliphatic rings. The average Bonchev–Trinajstić information content (AvgIpc) is 2.96. The van der Waals surface area contributed by atoms with E-state index < -0.39 is 27.8 Å². The molecule has 0 aromatic heterocycles. The fourth-order valence-corrected chi connectivity index (χ4v) is 3.43. The highest BCUT2D eigenvalue weighted by Crippen LogP contribution is 2.35. The maximum Gasteiger partial charge on any atom is 0.416 e. The number of nitrogens with zero attached hydrogens (tertiary/aromatic N) is 2. The monoisotopic (exact) mass is 417 g/mol. The summed E-state index contributed by atoms with van der Waals surface area (Å²) >= 11 is 5.90. The largest absolute Gasteiger partial charge is 0.416 e. The topological polar surface area (TPSA) is 61.8 Å². The van der Waals surface area contributed by atoms with Crippen molar-refractivity contribution in [3.63, 3.8) is 0 Å². The summed E-state index contributed by atoms with van der Waals surface area (Å²) in [6, 6.07) is 10.9. The summed E-state index contributed by atoms with van der Waals surface area (Å²) in [7, 11) is -3.72. The van der Waals surface area contributed by atoms with Gasteiger partial charge in [-0.3, -0.25) is 0 Å². The highest BCUT2D eigenvalue weighted by atomic mass is 35.5. The second-order valence-electron chi connectivity index (χ2n) is 6.01. The van der Waals surface area contributed by atoms with E-state index in [1.165, 1.54) is 6.07 Å². The quantitative estimate of drug-likeness (QED) is 0.824. The fraction of sp³-hybridized carbons (Fsp3) is 0.235. The van der Waals surface area contributed by atoms with E-state index in [0.29, 0.717) is 16.3 Å². The maximum atomic E-state index is 13.1. The van der Waals surface area contributed by atoms with Gasteiger partial charge in [0.15, 0.2) is 0 Å². The molecule has 1 saturated heterocycles. The average molecular weight is 418 g/mol. The van der Waals surface area contributed by atoms with Gasteiger partial charge in [-0.05, 0) is 42.0 Å². The number of sulfonamides is 1. The molecule has 2 aromatic rings. The third-order valence-corrected chi connectivity index (χ3v) is 4.71. The molecule has 1 heterocycles. The minimum absolute atomic E-state index is 0.0437. The van der Waals surface area contributed by atoms with Crippen molar-refractivity contribution in [3.05, 3.63) is 64.7 Å². The van der Waals surface area contributed by atoms with Crippen molar-refractivity contribution in [2.45, 2.75) is 12.2 Å². The lowest BCUT2D eigenvalue weighted by molar-refractivity contribution is -0.137. The fourth-order valence-electron chi connectivity index (χ4n) is 2.84. The molecule has 1 aliphatic heterocycles. The molecule has 3 rings (SSSR count). The highest BCUT2D eigenvalue weighted by molar-refractivity contribution is 7.89. The number of guanidine groups is 1. The second kappa shape index (κ2) is 7.05. The first kappa shape index (κ1) is 19.5. The Morgan fingerprint density at radius 2 is 1.85 bits per heavy atom. The van der Waals surface area contributed by atoms with Crippen LogP contribution in [-0.4, -0.2) is 27.2 Å². The van der Waals surface area contributed by atoms with Gasteiger partial charge in [-0.15, -0.1) is 4.40 Å². The highest BCUT2D eigenvalue weighted by Gasteiger charge is 2.35. The Hall–Kier alpha value is -2.26. The molecule has 0 saturated carbocycles. The zero-order chi connectivity index (χ0) is 19.8. The number of anilines is 1. The Morgan fingerprint density at radius 1 is 1.19 bits per heavy atom. The Morgan fingerprint density at radius 3 is 2.44 bits per heavy atom. The van der Waals surface area contributed by atoms with Crippen molar-refractivity contribution in [2.75, 3.05) is 17.7 Å². The summed E-state index contributed by atoms with van der Waals surface area (Å²) < 4.78 is 66.1. The first-order valence-corrected chi connectivity index (χ1v) is 10.0. The van der Waals surface area contributed by atoms with Crippen molar-refractivity contribution in [1.29, 1.82) is 0 Å². The van der Waals surface area contributed by atoms with Crippen LogP contribution in [-0.2, 0) is 16.2 Å². The van der Waals surface area contributed by atoms with Crippen LogP contribution in [0.25, 0.3) is 0 Å². The molecule has 0 amide bonds. The molecule has 144 valence electrons. The Balaban J connectivity index is 2.09. The Labute approximate surface area is 159 Å². The number of benzene rings is 2. The number of rotatable bonds is 3. The van der Waals surface area contributed by atoms with E-state index in [2.05, 4.69) is 9.71 Å². The van der Waals surface area contributed by atoms with Crippen molar-refractivity contribution in [3.8, 4) is 0 Å². The van der Waals surface area contributed by atoms with Gasteiger partial charge in [0.2, 0.25) is 5.96 Å². The van der Waals surface area contributed by atoms with Crippen LogP contribution in [0.1, 0.15) is 17.2 Å². The van der Waals surface area contributed by atoms with Crippen molar-refractivity contribution >= 4 is 33.3 Å². The predicted molar refractivity (Wildman–Crippen MR) is 98.4 cm³/mol. The van der Waals surface area contributed by atoms with E-state index in [1.807, 2.05) is 0 Å². The van der Waals surface area contributed by atoms with Gasteiger partial charge < -0.3 is 10.2 Å². The summed E-state index contributed by atoms with van der Waals surface area (Å²) in [6.07, 6.45) is -3.53. The van der Waals surface area contributed by atoms with Crippen LogP contribution >= 0.6 is 11.6 Å². The SMILES string of the molecule is CS(=O)(=O)/N=C1\NCC(c2cccc(C(F)(F)F)c2)N1c1ccc(Cl)cc1. The molecule has 27 heavy (non-hydrogen) atoms. The van der Waals surface area contributed by atoms with Crippen LogP contribution in [0.5, 0.6) is 0 Å². The summed E-state index contributed by atoms with van der Waals surface area (Å²) in [5, 5.41) is 3.34. The van der Waals surface area contributed by atoms with Crippen LogP contribution in [0.3, 0.4) is 0 Å². The maximum absolute atomic E-state index is 13.1. The number of halogens is 4. The van der Waals surface area contributed by atoms with Crippen LogP contribution < -0.4 is 10.2 Å². The molecule has 1 N–H and O–H groups in total. The van der Waals surface area contributed by atoms with E-state index in [9.17, 15) is 21.6 Å². The molecule has 0 bridgehead atoms. The van der Waals surface area contributed by atoms with Gasteiger partial charge >= 0.3 is 6.18 Å². The number of hydrogen-bond acceptors (Lipinski definition) is 2. The van der Waals surface area contributed by atoms with Gasteiger partial charge in [-0.2, -0.15) is 13.2 Å². The lowest BCUT2D eigenvalue weighted by Crippen LogP contribution is -2.32. The first-order chi connectivity index (χ1) is 12.5. The van der Waals surface area contributed by atoms with Crippen molar-refractivity contribution < 1.29 is 21.6 Å². The van der Waals surface area contributed by atoms with Crippen LogP contribution in [0.2, 0.25) is 5.02 Å². The van der Waals surface area contributed by atoms with E-state index in [4.69, 9.17) is 11.6 Å². The minimum Gasteiger partial charge on any atom is -0.353 e. The zero-order valence-corrected chi connectivity index (χ0v) is 15.6. The van der Waals surface area contributed by atoms with Crippen molar-refractivity contribution in [2.24, 2.45) is 4.40 Å². The minimum atomic E-state index is -4.48. The standard InChI is InChI=1S/C17H15ClF3N3O2S/c1-27(25,26)23-16-22-10-15(24(16)14-7-5-13(18)6-8-14)11-3-2-4-12(9-11)17(19,20)21/h2-9,15H,10H2,1H3,(H,22,23). The van der Waals surface area contributed by atoms with Crippen molar-refractivity contribution in [1.82, 2.24) is 5.32 Å². The smallest absolute Gasteiger partial charge is 0.353 e. The molecule has 1 fully saturated rings. The normalized spacial score (nSPS) is 19.4. The summed E-state index contributed by atoms with van der Waals surface area (Å²) in [5.74, 6) is 0.0437. The Kier molecular flexibility index (Phi) is 5.09. The van der Waals surface area contributed by atoms with Gasteiger partial charge in [0.1, 0.15) is 0 Å². The molecule has 2 aromatic carbocycles. The van der Waals surface area contributed by atoms with E-state index in [-0.39, 0.29) is 12.5 Å². The van der Waals surface area contributed by atoms with Gasteiger partial charge in [0.05, 0.1) is 17.9 Å². The lowest BCUT2D eigenvalue weighted by atomic mass is 10.0. The molecule has 5 nitrogen and oxygen atoms in total. The van der Waals surface area contributed by atoms with E-state index >= 15 is 0 Å². The third kappa shape index (κ3) is 4.54. The van der Waals surface area contributed by atoms with Crippen LogP contribution in [0, 0.1) is 0 Å². The molecular formula is C17H15ClF3N3O2S. The van der Waals surface area contributed by atoms with E-state index in [1.54, 1.807) is 35.2 Å². The molecular weight excluding hydrogens is 403 g/mol. The second-order valence-corrected chi connectivity index (χ2v) is 8.10. The number of alkyl halides is 3. The van der Waals surface area contributed by atoms with Crippen LogP contribution in [0.4, 0.5) is 18.9 Å². The summed E-state index contributed by atoms with van der Waals surface area (Å²) in [4.78, 5) is 1.55. The molecule has 0 radical (unpaired) electrons. The molecule has 10 heteroatoms. The Bertz CT molecular complexity index is 976. The molecule has 0 spiro atoms. The first-order valence-electron chi connectivity index (χ1n) is 7.80. The van der Waals surface area contributed by atoms with Gasteiger partial charge in [0.25, 0.3) is 10.0 Å². The van der Waals surface area contributed by atoms with Crippen LogP contribution in [0.15, 0.2) is 52.9 Å².